The second-order valence-corrected chi connectivity index (χ2v) is 3.07. The van der Waals surface area contributed by atoms with E-state index in [1.807, 2.05) is 13.0 Å². The van der Waals surface area contributed by atoms with Gasteiger partial charge in [0.15, 0.2) is 11.6 Å². The van der Waals surface area contributed by atoms with Crippen molar-refractivity contribution in [1.82, 2.24) is 9.97 Å². The lowest BCUT2D eigenvalue weighted by Crippen LogP contribution is -2.00. The number of aromatic nitrogens is 2. The predicted molar refractivity (Wildman–Crippen MR) is 52.4 cm³/mol. The number of aryl methyl sites for hydroxylation is 1. The third-order valence-corrected chi connectivity index (χ3v) is 2.06. The molecule has 0 aliphatic rings. The lowest BCUT2D eigenvalue weighted by atomic mass is 10.3. The van der Waals surface area contributed by atoms with E-state index in [1.54, 1.807) is 6.26 Å². The molecule has 0 atom stereocenters. The molecule has 0 spiro atoms. The van der Waals surface area contributed by atoms with Crippen LogP contribution < -0.4 is 0 Å². The average molecular weight is 206 g/mol. The Balaban J connectivity index is 2.36. The molecule has 2 rings (SSSR count). The number of furan rings is 1. The lowest BCUT2D eigenvalue weighted by molar-refractivity contribution is 0.0595. The molecule has 5 heteroatoms. The maximum Gasteiger partial charge on any atom is 0.356 e. The monoisotopic (exact) mass is 206 g/mol. The zero-order chi connectivity index (χ0) is 10.8. The second kappa shape index (κ2) is 3.61. The van der Waals surface area contributed by atoms with E-state index >= 15 is 0 Å². The molecule has 0 unspecified atom stereocenters. The topological polar surface area (TPSA) is 68.1 Å². The Morgan fingerprint density at radius 3 is 3.00 bits per heavy atom. The summed E-state index contributed by atoms with van der Waals surface area (Å²) in [6.07, 6.45) is 2.99. The van der Waals surface area contributed by atoms with Crippen LogP contribution in [0.5, 0.6) is 0 Å². The van der Waals surface area contributed by atoms with E-state index in [0.29, 0.717) is 17.3 Å². The predicted octanol–water partition coefficient (Wildman–Crippen LogP) is 1.76. The number of ether oxygens (including phenoxy) is 1. The first-order valence-corrected chi connectivity index (χ1v) is 4.40. The molecule has 5 nitrogen and oxygen atoms in total. The smallest absolute Gasteiger partial charge is 0.356 e. The van der Waals surface area contributed by atoms with Crippen LogP contribution in [-0.2, 0) is 4.74 Å². The summed E-state index contributed by atoms with van der Waals surface area (Å²) >= 11 is 0. The Hall–Kier alpha value is -2.04. The van der Waals surface area contributed by atoms with Crippen molar-refractivity contribution in [2.45, 2.75) is 6.92 Å². The molecule has 2 aromatic heterocycles. The molecule has 0 saturated carbocycles. The molecule has 0 aliphatic heterocycles. The first-order chi connectivity index (χ1) is 7.22. The fourth-order valence-corrected chi connectivity index (χ4v) is 1.27. The number of hydrogen-bond acceptors (Lipinski definition) is 4. The highest BCUT2D eigenvalue weighted by molar-refractivity contribution is 5.87. The SMILES string of the molecule is COC(=O)c1cnc(-c2occc2C)[nH]1. The van der Waals surface area contributed by atoms with Crippen LogP contribution in [0.15, 0.2) is 22.9 Å². The number of aromatic amines is 1. The molecule has 1 N–H and O–H groups in total. The number of methoxy groups -OCH3 is 1. The third kappa shape index (κ3) is 1.63. The van der Waals surface area contributed by atoms with Gasteiger partial charge in [-0.05, 0) is 18.6 Å². The highest BCUT2D eigenvalue weighted by atomic mass is 16.5. The molecule has 0 aliphatic carbocycles. The molecule has 78 valence electrons. The van der Waals surface area contributed by atoms with E-state index in [9.17, 15) is 4.79 Å². The Bertz CT molecular complexity index is 484. The number of carbonyl (C=O) groups excluding carboxylic acids is 1. The first-order valence-electron chi connectivity index (χ1n) is 4.40. The van der Waals surface area contributed by atoms with Gasteiger partial charge in [0, 0.05) is 0 Å². The molecule has 0 bridgehead atoms. The molecule has 0 saturated heterocycles. The molecular weight excluding hydrogens is 196 g/mol. The van der Waals surface area contributed by atoms with Gasteiger partial charge in [-0.1, -0.05) is 0 Å². The molecule has 2 heterocycles. The summed E-state index contributed by atoms with van der Waals surface area (Å²) in [6, 6.07) is 1.83. The Labute approximate surface area is 86.1 Å². The number of nitrogens with zero attached hydrogens (tertiary/aromatic N) is 1. The minimum absolute atomic E-state index is 0.309. The number of imidazole rings is 1. The van der Waals surface area contributed by atoms with Crippen LogP contribution in [0.4, 0.5) is 0 Å². The summed E-state index contributed by atoms with van der Waals surface area (Å²) in [4.78, 5) is 18.0. The van der Waals surface area contributed by atoms with Crippen molar-refractivity contribution in [1.29, 1.82) is 0 Å². The van der Waals surface area contributed by atoms with Crippen molar-refractivity contribution in [3.05, 3.63) is 29.8 Å². The van der Waals surface area contributed by atoms with Crippen LogP contribution in [0.25, 0.3) is 11.6 Å². The average Bonchev–Trinajstić information content (AvgIpc) is 2.84. The van der Waals surface area contributed by atoms with Gasteiger partial charge in [0.2, 0.25) is 0 Å². The molecular formula is C10H10N2O3. The van der Waals surface area contributed by atoms with Gasteiger partial charge in [-0.3, -0.25) is 0 Å². The number of nitrogens with one attached hydrogen (secondary N) is 1. The molecule has 0 radical (unpaired) electrons. The van der Waals surface area contributed by atoms with E-state index in [0.717, 1.165) is 5.56 Å². The molecule has 0 aromatic carbocycles. The number of carbonyl (C=O) groups is 1. The van der Waals surface area contributed by atoms with Crippen LogP contribution in [-0.4, -0.2) is 23.0 Å². The summed E-state index contributed by atoms with van der Waals surface area (Å²) in [7, 11) is 1.32. The number of hydrogen-bond donors (Lipinski definition) is 1. The standard InChI is InChI=1S/C10H10N2O3/c1-6-3-4-15-8(6)9-11-5-7(12-9)10(13)14-2/h3-5H,1-2H3,(H,11,12). The molecule has 0 fully saturated rings. The van der Waals surface area contributed by atoms with Crippen LogP contribution >= 0.6 is 0 Å². The van der Waals surface area contributed by atoms with Crippen LogP contribution in [0.1, 0.15) is 16.1 Å². The van der Waals surface area contributed by atoms with Gasteiger partial charge in [0.1, 0.15) is 5.69 Å². The number of rotatable bonds is 2. The normalized spacial score (nSPS) is 10.3. The first kappa shape index (κ1) is 9.51. The highest BCUT2D eigenvalue weighted by Gasteiger charge is 2.13. The van der Waals surface area contributed by atoms with Gasteiger partial charge in [-0.25, -0.2) is 9.78 Å². The van der Waals surface area contributed by atoms with Gasteiger partial charge in [-0.15, -0.1) is 0 Å². The molecule has 0 amide bonds. The van der Waals surface area contributed by atoms with Gasteiger partial charge >= 0.3 is 5.97 Å². The van der Waals surface area contributed by atoms with Crippen molar-refractivity contribution < 1.29 is 13.9 Å². The van der Waals surface area contributed by atoms with Crippen molar-refractivity contribution in [2.75, 3.05) is 7.11 Å². The van der Waals surface area contributed by atoms with Crippen LogP contribution in [0.2, 0.25) is 0 Å². The van der Waals surface area contributed by atoms with Gasteiger partial charge < -0.3 is 14.1 Å². The van der Waals surface area contributed by atoms with E-state index in [1.165, 1.54) is 13.3 Å². The zero-order valence-electron chi connectivity index (χ0n) is 8.40. The van der Waals surface area contributed by atoms with E-state index in [-0.39, 0.29) is 0 Å². The lowest BCUT2D eigenvalue weighted by Gasteiger charge is -1.94. The third-order valence-electron chi connectivity index (χ3n) is 2.06. The van der Waals surface area contributed by atoms with Crippen molar-refractivity contribution in [3.63, 3.8) is 0 Å². The van der Waals surface area contributed by atoms with E-state index in [4.69, 9.17) is 4.42 Å². The summed E-state index contributed by atoms with van der Waals surface area (Å²) in [5.41, 5.74) is 1.27. The minimum Gasteiger partial charge on any atom is -0.464 e. The van der Waals surface area contributed by atoms with Crippen LogP contribution in [0, 0.1) is 6.92 Å². The quantitative estimate of drug-likeness (QED) is 0.760. The van der Waals surface area contributed by atoms with Gasteiger partial charge in [0.25, 0.3) is 0 Å². The number of esters is 1. The molecule has 15 heavy (non-hydrogen) atoms. The minimum atomic E-state index is -0.446. The number of H-pyrrole nitrogens is 1. The van der Waals surface area contributed by atoms with Gasteiger partial charge in [0.05, 0.1) is 19.6 Å². The summed E-state index contributed by atoms with van der Waals surface area (Å²) in [5.74, 6) is 0.709. The fourth-order valence-electron chi connectivity index (χ4n) is 1.27. The molecule has 2 aromatic rings. The van der Waals surface area contributed by atoms with Crippen molar-refractivity contribution in [3.8, 4) is 11.6 Å². The van der Waals surface area contributed by atoms with Crippen molar-refractivity contribution in [2.24, 2.45) is 0 Å². The Morgan fingerprint density at radius 1 is 1.60 bits per heavy atom. The fraction of sp³-hybridized carbons (Fsp3) is 0.200. The Kier molecular flexibility index (Phi) is 2.29. The van der Waals surface area contributed by atoms with Crippen molar-refractivity contribution >= 4 is 5.97 Å². The summed E-state index contributed by atoms with van der Waals surface area (Å²) < 4.78 is 9.79. The van der Waals surface area contributed by atoms with Crippen LogP contribution in [0.3, 0.4) is 0 Å². The summed E-state index contributed by atoms with van der Waals surface area (Å²) in [6.45, 7) is 1.90. The van der Waals surface area contributed by atoms with Gasteiger partial charge in [-0.2, -0.15) is 0 Å². The van der Waals surface area contributed by atoms with E-state index in [2.05, 4.69) is 14.7 Å². The highest BCUT2D eigenvalue weighted by Crippen LogP contribution is 2.20. The van der Waals surface area contributed by atoms with E-state index < -0.39 is 5.97 Å². The summed E-state index contributed by atoms with van der Waals surface area (Å²) in [5, 5.41) is 0. The maximum absolute atomic E-state index is 11.2. The second-order valence-electron chi connectivity index (χ2n) is 3.07. The largest absolute Gasteiger partial charge is 0.464 e. The zero-order valence-corrected chi connectivity index (χ0v) is 8.40. The Morgan fingerprint density at radius 2 is 2.40 bits per heavy atom. The maximum atomic E-state index is 11.2.